The first kappa shape index (κ1) is 14.6. The highest BCUT2D eigenvalue weighted by Crippen LogP contribution is 2.48. The second-order valence-electron chi connectivity index (χ2n) is 6.51. The first-order valence-electron chi connectivity index (χ1n) is 8.05. The third-order valence-electron chi connectivity index (χ3n) is 5.38. The molecule has 3 nitrogen and oxygen atoms in total. The zero-order valence-electron chi connectivity index (χ0n) is 12.7. The van der Waals surface area contributed by atoms with Gasteiger partial charge < -0.3 is 15.3 Å². The average Bonchev–Trinajstić information content (AvgIpc) is 2.98. The molecule has 1 saturated carbocycles. The van der Waals surface area contributed by atoms with E-state index in [0.717, 1.165) is 42.6 Å². The van der Waals surface area contributed by atoms with Gasteiger partial charge in [-0.05, 0) is 43.7 Å². The molecule has 1 aliphatic carbocycles. The van der Waals surface area contributed by atoms with E-state index in [4.69, 9.17) is 10.2 Å². The molecule has 1 aromatic heterocycles. The van der Waals surface area contributed by atoms with Crippen LogP contribution in [0.15, 0.2) is 34.7 Å². The van der Waals surface area contributed by atoms with Crippen molar-refractivity contribution in [2.75, 3.05) is 6.54 Å². The molecule has 114 valence electrons. The highest BCUT2D eigenvalue weighted by Gasteiger charge is 2.42. The fraction of sp³-hybridized carbons (Fsp3) is 0.556. The second-order valence-corrected chi connectivity index (χ2v) is 6.51. The normalized spacial score (nSPS) is 27.9. The van der Waals surface area contributed by atoms with E-state index in [9.17, 15) is 5.11 Å². The Morgan fingerprint density at radius 2 is 2.05 bits per heavy atom. The summed E-state index contributed by atoms with van der Waals surface area (Å²) in [5, 5.41) is 11.9. The van der Waals surface area contributed by atoms with Crippen LogP contribution < -0.4 is 5.73 Å². The topological polar surface area (TPSA) is 59.4 Å². The zero-order valence-corrected chi connectivity index (χ0v) is 12.7. The van der Waals surface area contributed by atoms with Gasteiger partial charge in [0, 0.05) is 17.3 Å². The summed E-state index contributed by atoms with van der Waals surface area (Å²) in [4.78, 5) is 0. The number of rotatable bonds is 4. The van der Waals surface area contributed by atoms with Crippen molar-refractivity contribution in [1.82, 2.24) is 0 Å². The molecule has 0 aliphatic heterocycles. The van der Waals surface area contributed by atoms with Crippen molar-refractivity contribution in [3.05, 3.63) is 36.1 Å². The number of hydrogen-bond acceptors (Lipinski definition) is 3. The highest BCUT2D eigenvalue weighted by molar-refractivity contribution is 5.77. The summed E-state index contributed by atoms with van der Waals surface area (Å²) in [7, 11) is 0. The molecule has 3 rings (SSSR count). The van der Waals surface area contributed by atoms with Crippen LogP contribution in [-0.4, -0.2) is 11.7 Å². The van der Waals surface area contributed by atoms with Crippen LogP contribution in [0.4, 0.5) is 0 Å². The molecular weight excluding hydrogens is 262 g/mol. The molecule has 0 amide bonds. The molecular formula is C18H25NO2. The van der Waals surface area contributed by atoms with Gasteiger partial charge in [-0.15, -0.1) is 0 Å². The number of para-hydroxylation sites is 1. The van der Waals surface area contributed by atoms with Gasteiger partial charge in [-0.3, -0.25) is 0 Å². The van der Waals surface area contributed by atoms with Gasteiger partial charge in [-0.2, -0.15) is 0 Å². The van der Waals surface area contributed by atoms with Crippen molar-refractivity contribution in [1.29, 1.82) is 0 Å². The number of fused-ring (bicyclic) bond motifs is 1. The van der Waals surface area contributed by atoms with Crippen LogP contribution in [0.2, 0.25) is 0 Å². The van der Waals surface area contributed by atoms with Crippen molar-refractivity contribution < 1.29 is 9.52 Å². The lowest BCUT2D eigenvalue weighted by Gasteiger charge is -2.41. The summed E-state index contributed by atoms with van der Waals surface area (Å²) in [6, 6.07) is 9.85. The van der Waals surface area contributed by atoms with Gasteiger partial charge in [0.1, 0.15) is 17.4 Å². The fourth-order valence-electron chi connectivity index (χ4n) is 3.69. The first-order valence-corrected chi connectivity index (χ1v) is 8.05. The fourth-order valence-corrected chi connectivity index (χ4v) is 3.69. The molecule has 2 aromatic rings. The van der Waals surface area contributed by atoms with E-state index < -0.39 is 6.10 Å². The summed E-state index contributed by atoms with van der Waals surface area (Å²) in [6.45, 7) is 2.76. The van der Waals surface area contributed by atoms with Gasteiger partial charge in [0.25, 0.3) is 0 Å². The number of furan rings is 1. The maximum atomic E-state index is 10.9. The summed E-state index contributed by atoms with van der Waals surface area (Å²) in [5.41, 5.74) is 6.67. The van der Waals surface area contributed by atoms with Crippen molar-refractivity contribution in [2.24, 2.45) is 17.1 Å². The van der Waals surface area contributed by atoms with E-state index in [1.54, 1.807) is 0 Å². The molecule has 1 aromatic carbocycles. The molecule has 21 heavy (non-hydrogen) atoms. The zero-order chi connectivity index (χ0) is 14.9. The minimum atomic E-state index is -0.604. The second kappa shape index (κ2) is 5.82. The van der Waals surface area contributed by atoms with Crippen LogP contribution in [0.1, 0.15) is 50.9 Å². The molecule has 1 aliphatic rings. The Morgan fingerprint density at radius 3 is 2.67 bits per heavy atom. The van der Waals surface area contributed by atoms with Crippen LogP contribution in [0.3, 0.4) is 0 Å². The maximum absolute atomic E-state index is 10.9. The predicted octanol–water partition coefficient (Wildman–Crippen LogP) is 4.01. The number of nitrogens with two attached hydrogens (primary N) is 1. The Hall–Kier alpha value is -1.32. The maximum Gasteiger partial charge on any atom is 0.134 e. The van der Waals surface area contributed by atoms with Crippen molar-refractivity contribution in [3.8, 4) is 0 Å². The minimum Gasteiger partial charge on any atom is -0.458 e. The Kier molecular flexibility index (Phi) is 4.05. The molecule has 0 spiro atoms. The van der Waals surface area contributed by atoms with Crippen molar-refractivity contribution >= 4 is 11.0 Å². The van der Waals surface area contributed by atoms with E-state index in [2.05, 4.69) is 6.92 Å². The van der Waals surface area contributed by atoms with E-state index in [1.807, 2.05) is 30.3 Å². The molecule has 1 atom stereocenters. The van der Waals surface area contributed by atoms with Gasteiger partial charge >= 0.3 is 0 Å². The van der Waals surface area contributed by atoms with Crippen LogP contribution in [0.25, 0.3) is 11.0 Å². The molecule has 3 N–H and O–H groups in total. The van der Waals surface area contributed by atoms with Crippen LogP contribution in [0, 0.1) is 11.3 Å². The molecule has 0 radical (unpaired) electrons. The smallest absolute Gasteiger partial charge is 0.134 e. The largest absolute Gasteiger partial charge is 0.458 e. The number of hydrogen-bond donors (Lipinski definition) is 2. The highest BCUT2D eigenvalue weighted by atomic mass is 16.4. The third kappa shape index (κ3) is 2.60. The van der Waals surface area contributed by atoms with E-state index in [1.165, 1.54) is 6.42 Å². The van der Waals surface area contributed by atoms with E-state index in [0.29, 0.717) is 12.3 Å². The van der Waals surface area contributed by atoms with Crippen molar-refractivity contribution in [2.45, 2.75) is 45.1 Å². The van der Waals surface area contributed by atoms with E-state index in [-0.39, 0.29) is 5.41 Å². The summed E-state index contributed by atoms with van der Waals surface area (Å²) in [6.07, 6.45) is 4.91. The SMILES string of the molecule is CCC1CCC(CN)(C(O)c2cc3ccccc3o2)CC1. The predicted molar refractivity (Wildman–Crippen MR) is 84.9 cm³/mol. The van der Waals surface area contributed by atoms with Gasteiger partial charge in [0.15, 0.2) is 0 Å². The number of aliphatic hydroxyl groups excluding tert-OH is 1. The Morgan fingerprint density at radius 1 is 1.33 bits per heavy atom. The number of aliphatic hydroxyl groups is 1. The van der Waals surface area contributed by atoms with Gasteiger partial charge in [0.2, 0.25) is 0 Å². The molecule has 0 saturated heterocycles. The number of benzene rings is 1. The Balaban J connectivity index is 1.86. The molecule has 0 bridgehead atoms. The standard InChI is InChI=1S/C18H25NO2/c1-2-13-7-9-18(12-19,10-8-13)17(20)16-11-14-5-3-4-6-15(14)21-16/h3-6,11,13,17,20H,2,7-10,12,19H2,1H3. The van der Waals surface area contributed by atoms with Gasteiger partial charge in [-0.25, -0.2) is 0 Å². The van der Waals surface area contributed by atoms with Crippen molar-refractivity contribution in [3.63, 3.8) is 0 Å². The first-order chi connectivity index (χ1) is 10.2. The van der Waals surface area contributed by atoms with Gasteiger partial charge in [0.05, 0.1) is 0 Å². The van der Waals surface area contributed by atoms with Crippen LogP contribution in [-0.2, 0) is 0 Å². The summed E-state index contributed by atoms with van der Waals surface area (Å²) in [5.74, 6) is 1.45. The monoisotopic (exact) mass is 287 g/mol. The summed E-state index contributed by atoms with van der Waals surface area (Å²) < 4.78 is 5.86. The molecule has 3 heteroatoms. The lowest BCUT2D eigenvalue weighted by Crippen LogP contribution is -2.40. The Bertz CT molecular complexity index is 563. The van der Waals surface area contributed by atoms with Crippen LogP contribution >= 0.6 is 0 Å². The van der Waals surface area contributed by atoms with E-state index >= 15 is 0 Å². The lowest BCUT2D eigenvalue weighted by atomic mass is 9.66. The molecule has 1 fully saturated rings. The summed E-state index contributed by atoms with van der Waals surface area (Å²) >= 11 is 0. The minimum absolute atomic E-state index is 0.223. The quantitative estimate of drug-likeness (QED) is 0.893. The van der Waals surface area contributed by atoms with Gasteiger partial charge in [-0.1, -0.05) is 31.5 Å². The molecule has 1 unspecified atom stereocenters. The third-order valence-corrected chi connectivity index (χ3v) is 5.38. The average molecular weight is 287 g/mol. The Labute approximate surface area is 126 Å². The lowest BCUT2D eigenvalue weighted by molar-refractivity contribution is -0.0221. The molecule has 1 heterocycles. The van der Waals surface area contributed by atoms with Crippen LogP contribution in [0.5, 0.6) is 0 Å².